The second kappa shape index (κ2) is 27.2. The molecular formula is C37H62O2Si4. The largest absolute Gasteiger partial charge is 0.547 e. The molecule has 3 aromatic carbocycles. The van der Waals surface area contributed by atoms with Gasteiger partial charge in [-0.15, -0.1) is 13.2 Å². The average Bonchev–Trinajstić information content (AvgIpc) is 3.07. The summed E-state index contributed by atoms with van der Waals surface area (Å²) in [5.74, 6) is 1.96. The van der Waals surface area contributed by atoms with E-state index in [1.807, 2.05) is 71.9 Å². The Kier molecular flexibility index (Phi) is 25.7. The lowest BCUT2D eigenvalue weighted by molar-refractivity contribution is 0.334. The molecule has 0 N–H and O–H groups in total. The molecule has 3 atom stereocenters. The Morgan fingerprint density at radius 1 is 0.744 bits per heavy atom. The third kappa shape index (κ3) is 16.3. The summed E-state index contributed by atoms with van der Waals surface area (Å²) < 4.78 is 13.1. The van der Waals surface area contributed by atoms with Crippen molar-refractivity contribution in [1.29, 1.82) is 0 Å². The topological polar surface area (TPSA) is 18.5 Å². The van der Waals surface area contributed by atoms with Gasteiger partial charge in [0.05, 0.1) is 14.2 Å². The molecule has 0 spiro atoms. The molecule has 0 radical (unpaired) electrons. The summed E-state index contributed by atoms with van der Waals surface area (Å²) in [5.41, 5.74) is 4.34. The molecule has 2 nitrogen and oxygen atoms in total. The Labute approximate surface area is 272 Å². The van der Waals surface area contributed by atoms with E-state index >= 15 is 0 Å². The molecule has 0 saturated heterocycles. The molecule has 0 aromatic heterocycles. The van der Waals surface area contributed by atoms with Gasteiger partial charge in [0.1, 0.15) is 11.5 Å². The van der Waals surface area contributed by atoms with E-state index in [1.54, 1.807) is 5.67 Å². The number of allylic oxidation sites excluding steroid dienone is 2. The maximum absolute atomic E-state index is 6.89. The van der Waals surface area contributed by atoms with Crippen LogP contribution in [0, 0.1) is 0 Å². The molecule has 0 aliphatic rings. The number of hydrogen-bond donors (Lipinski definition) is 0. The van der Waals surface area contributed by atoms with E-state index in [0.29, 0.717) is 0 Å². The van der Waals surface area contributed by atoms with E-state index in [0.717, 1.165) is 24.2 Å². The molecule has 3 unspecified atom stereocenters. The zero-order chi connectivity index (χ0) is 32.2. The van der Waals surface area contributed by atoms with Crippen molar-refractivity contribution in [3.8, 4) is 11.5 Å². The highest BCUT2D eigenvalue weighted by molar-refractivity contribution is 7.36. The second-order valence-electron chi connectivity index (χ2n) is 10.1. The lowest BCUT2D eigenvalue weighted by Crippen LogP contribution is -2.57. The van der Waals surface area contributed by atoms with Crippen molar-refractivity contribution in [3.63, 3.8) is 0 Å². The number of para-hydroxylation sites is 2. The summed E-state index contributed by atoms with van der Waals surface area (Å²) in [6.45, 7) is 23.6. The lowest BCUT2D eigenvalue weighted by atomic mass is 10.2. The Balaban J connectivity index is 0.00000276. The van der Waals surface area contributed by atoms with Crippen LogP contribution in [0.5, 0.6) is 11.5 Å². The summed E-state index contributed by atoms with van der Waals surface area (Å²) in [6.07, 6.45) is 4.49. The van der Waals surface area contributed by atoms with Crippen LogP contribution in [0.3, 0.4) is 0 Å². The van der Waals surface area contributed by atoms with Crippen LogP contribution in [-0.2, 0) is 6.04 Å². The quantitative estimate of drug-likeness (QED) is 0.101. The molecule has 0 saturated carbocycles. The third-order valence-corrected chi connectivity index (χ3v) is 35.8. The maximum Gasteiger partial charge on any atom is 0.236 e. The number of rotatable bonds is 18. The van der Waals surface area contributed by atoms with E-state index < -0.39 is 24.9 Å². The SMILES string of the molecule is C=CC[SiH](C[SiH2]CC)[Si](CC=C)(Cc1ccccc1)C[SiH](CCOc1ccccc1)Oc1ccccc1.CC.CC.CC. The highest BCUT2D eigenvalue weighted by Crippen LogP contribution is 2.32. The van der Waals surface area contributed by atoms with Crippen LogP contribution < -0.4 is 9.16 Å². The molecule has 6 heteroatoms. The predicted molar refractivity (Wildman–Crippen MR) is 207 cm³/mol. The molecule has 0 fully saturated rings. The predicted octanol–water partition coefficient (Wildman–Crippen LogP) is 9.96. The van der Waals surface area contributed by atoms with E-state index in [-0.39, 0.29) is 9.52 Å². The minimum atomic E-state index is -1.70. The van der Waals surface area contributed by atoms with Gasteiger partial charge < -0.3 is 9.16 Å². The zero-order valence-electron chi connectivity index (χ0n) is 28.6. The second-order valence-corrected chi connectivity index (χ2v) is 29.3. The first-order valence-electron chi connectivity index (χ1n) is 16.8. The number of hydrogen-bond acceptors (Lipinski definition) is 2. The van der Waals surface area contributed by atoms with Gasteiger partial charge in [-0.2, -0.15) is 0 Å². The van der Waals surface area contributed by atoms with Gasteiger partial charge in [-0.1, -0.05) is 145 Å². The van der Waals surface area contributed by atoms with Crippen molar-refractivity contribution in [2.45, 2.75) is 90.0 Å². The Morgan fingerprint density at radius 2 is 1.28 bits per heavy atom. The van der Waals surface area contributed by atoms with Crippen LogP contribution in [0.2, 0.25) is 35.5 Å². The van der Waals surface area contributed by atoms with Gasteiger partial charge >= 0.3 is 0 Å². The molecule has 0 heterocycles. The van der Waals surface area contributed by atoms with Gasteiger partial charge in [0, 0.05) is 23.9 Å². The van der Waals surface area contributed by atoms with Crippen molar-refractivity contribution in [1.82, 2.24) is 0 Å². The molecule has 238 valence electrons. The number of ether oxygens (including phenoxy) is 1. The van der Waals surface area contributed by atoms with Crippen molar-refractivity contribution in [2.24, 2.45) is 0 Å². The third-order valence-electron chi connectivity index (χ3n) is 7.31. The van der Waals surface area contributed by atoms with Crippen molar-refractivity contribution < 1.29 is 9.16 Å². The summed E-state index contributed by atoms with van der Waals surface area (Å²) in [4.78, 5) is 0. The molecular weight excluding hydrogens is 589 g/mol. The Bertz CT molecular complexity index is 1030. The maximum atomic E-state index is 6.89. The zero-order valence-corrected chi connectivity index (χ0v) is 33.3. The van der Waals surface area contributed by atoms with E-state index in [1.165, 1.54) is 35.4 Å². The standard InChI is InChI=1S/C31H44O2Si4.3C2H6/c1-4-23-36(27-34-6-3)37(25-5-2,26-29-16-10-7-11-17-29)28-35(33-31-20-14-9-15-21-31)24-22-32-30-18-12-8-13-19-30;3*1-2/h4-5,7-21,35-36H,1-2,6,22-28,34H2,3H3;3*1-2H3. The van der Waals surface area contributed by atoms with Crippen LogP contribution >= 0.6 is 0 Å². The minimum Gasteiger partial charge on any atom is -0.547 e. The first-order chi connectivity index (χ1) is 21.2. The van der Waals surface area contributed by atoms with Gasteiger partial charge in [0.25, 0.3) is 0 Å². The summed E-state index contributed by atoms with van der Waals surface area (Å²) in [5, 5.41) is 0. The first-order valence-corrected chi connectivity index (χ1v) is 27.0. The van der Waals surface area contributed by atoms with Crippen LogP contribution in [0.25, 0.3) is 0 Å². The van der Waals surface area contributed by atoms with Crippen molar-refractivity contribution in [2.75, 3.05) is 6.61 Å². The van der Waals surface area contributed by atoms with Crippen molar-refractivity contribution in [3.05, 3.63) is 122 Å². The Morgan fingerprint density at radius 3 is 1.79 bits per heavy atom. The smallest absolute Gasteiger partial charge is 0.236 e. The monoisotopic (exact) mass is 650 g/mol. The minimum absolute atomic E-state index is 0.00947. The fourth-order valence-corrected chi connectivity index (χ4v) is 42.0. The molecule has 3 rings (SSSR count). The summed E-state index contributed by atoms with van der Waals surface area (Å²) in [7, 11) is -4.35. The Hall–Kier alpha value is -2.39. The molecule has 0 aliphatic carbocycles. The molecule has 43 heavy (non-hydrogen) atoms. The average molecular weight is 651 g/mol. The van der Waals surface area contributed by atoms with Crippen LogP contribution in [0.1, 0.15) is 54.0 Å². The van der Waals surface area contributed by atoms with Crippen molar-refractivity contribution >= 4 is 34.5 Å². The van der Waals surface area contributed by atoms with Crippen LogP contribution in [0.4, 0.5) is 0 Å². The van der Waals surface area contributed by atoms with E-state index in [2.05, 4.69) is 92.9 Å². The molecule has 3 aromatic rings. The normalized spacial score (nSPS) is 12.9. The summed E-state index contributed by atoms with van der Waals surface area (Å²) in [6, 6.07) is 38.0. The highest BCUT2D eigenvalue weighted by Gasteiger charge is 2.43. The van der Waals surface area contributed by atoms with Gasteiger partial charge in [-0.3, -0.25) is 0 Å². The van der Waals surface area contributed by atoms with Gasteiger partial charge in [0.2, 0.25) is 9.04 Å². The number of benzene rings is 3. The fourth-order valence-electron chi connectivity index (χ4n) is 5.49. The van der Waals surface area contributed by atoms with E-state index in [4.69, 9.17) is 9.16 Å². The van der Waals surface area contributed by atoms with Crippen LogP contribution in [-0.4, -0.2) is 41.1 Å². The van der Waals surface area contributed by atoms with Gasteiger partial charge in [-0.05, 0) is 48.1 Å². The van der Waals surface area contributed by atoms with Gasteiger partial charge in [-0.25, -0.2) is 0 Å². The summed E-state index contributed by atoms with van der Waals surface area (Å²) >= 11 is 0. The lowest BCUT2D eigenvalue weighted by Gasteiger charge is -2.40. The molecule has 0 amide bonds. The first kappa shape index (κ1) is 40.6. The van der Waals surface area contributed by atoms with Gasteiger partial charge in [0.15, 0.2) is 0 Å². The fraction of sp³-hybridized carbons (Fsp3) is 0.405. The molecule has 0 bridgehead atoms. The highest BCUT2D eigenvalue weighted by atomic mass is 29.2. The molecule has 0 aliphatic heterocycles. The van der Waals surface area contributed by atoms with Crippen LogP contribution in [0.15, 0.2) is 116 Å². The van der Waals surface area contributed by atoms with E-state index in [9.17, 15) is 0 Å².